The quantitative estimate of drug-likeness (QED) is 0.695. The van der Waals surface area contributed by atoms with Crippen LogP contribution in [0.2, 0.25) is 5.28 Å². The molecule has 0 spiro atoms. The van der Waals surface area contributed by atoms with Gasteiger partial charge >= 0.3 is 0 Å². The van der Waals surface area contributed by atoms with Crippen molar-refractivity contribution in [3.8, 4) is 0 Å². The summed E-state index contributed by atoms with van der Waals surface area (Å²) in [4.78, 5) is 8.10. The Kier molecular flexibility index (Phi) is 2.76. The van der Waals surface area contributed by atoms with Crippen LogP contribution in [0.15, 0.2) is 12.3 Å². The highest BCUT2D eigenvalue weighted by Gasteiger charge is 2.16. The van der Waals surface area contributed by atoms with Gasteiger partial charge < -0.3 is 5.32 Å². The molecule has 1 aliphatic heterocycles. The minimum Gasteiger partial charge on any atom is -0.317 e. The molecular weight excluding hydrogens is 186 g/mol. The first-order valence-corrected chi connectivity index (χ1v) is 4.93. The third kappa shape index (κ3) is 2.17. The molecule has 0 saturated carbocycles. The van der Waals surface area contributed by atoms with Crippen molar-refractivity contribution in [3.63, 3.8) is 0 Å². The smallest absolute Gasteiger partial charge is 0.222 e. The van der Waals surface area contributed by atoms with E-state index in [9.17, 15) is 0 Å². The molecule has 3 nitrogen and oxygen atoms in total. The summed E-state index contributed by atoms with van der Waals surface area (Å²) < 4.78 is 0. The molecule has 1 N–H and O–H groups in total. The molecule has 1 aliphatic rings. The van der Waals surface area contributed by atoms with Gasteiger partial charge in [-0.2, -0.15) is 0 Å². The number of hydrogen-bond donors (Lipinski definition) is 1. The molecule has 1 aromatic rings. The van der Waals surface area contributed by atoms with Crippen LogP contribution in [0.25, 0.3) is 0 Å². The van der Waals surface area contributed by atoms with E-state index in [0.29, 0.717) is 11.2 Å². The SMILES string of the molecule is Clc1nccc(C2CCNCC2)n1. The molecule has 13 heavy (non-hydrogen) atoms. The Morgan fingerprint density at radius 3 is 2.85 bits per heavy atom. The van der Waals surface area contributed by atoms with Crippen molar-refractivity contribution in [3.05, 3.63) is 23.2 Å². The maximum absolute atomic E-state index is 5.73. The molecule has 70 valence electrons. The van der Waals surface area contributed by atoms with E-state index in [0.717, 1.165) is 31.6 Å². The molecular formula is C9H12ClN3. The topological polar surface area (TPSA) is 37.8 Å². The maximum Gasteiger partial charge on any atom is 0.222 e. The monoisotopic (exact) mass is 197 g/mol. The van der Waals surface area contributed by atoms with E-state index in [2.05, 4.69) is 15.3 Å². The number of nitrogens with zero attached hydrogens (tertiary/aromatic N) is 2. The molecule has 0 bridgehead atoms. The summed E-state index contributed by atoms with van der Waals surface area (Å²) in [5, 5.41) is 3.68. The Bertz CT molecular complexity index is 284. The minimum atomic E-state index is 0.357. The van der Waals surface area contributed by atoms with E-state index in [1.54, 1.807) is 6.20 Å². The van der Waals surface area contributed by atoms with Crippen molar-refractivity contribution in [2.24, 2.45) is 0 Å². The van der Waals surface area contributed by atoms with E-state index in [1.807, 2.05) is 6.07 Å². The fourth-order valence-electron chi connectivity index (χ4n) is 1.69. The molecule has 2 heterocycles. The van der Waals surface area contributed by atoms with Gasteiger partial charge in [0.25, 0.3) is 0 Å². The Balaban J connectivity index is 2.14. The van der Waals surface area contributed by atoms with Gasteiger partial charge in [-0.1, -0.05) is 0 Å². The standard InChI is InChI=1S/C9H12ClN3/c10-9-12-6-3-8(13-9)7-1-4-11-5-2-7/h3,6-7,11H,1-2,4-5H2. The Morgan fingerprint density at radius 2 is 2.15 bits per heavy atom. The van der Waals surface area contributed by atoms with Crippen molar-refractivity contribution in [2.75, 3.05) is 13.1 Å². The van der Waals surface area contributed by atoms with Gasteiger partial charge in [-0.05, 0) is 43.6 Å². The summed E-state index contributed by atoms with van der Waals surface area (Å²) in [5.41, 5.74) is 1.08. The average Bonchev–Trinajstić information content (AvgIpc) is 2.19. The molecule has 2 rings (SSSR count). The summed E-state index contributed by atoms with van der Waals surface area (Å²) in [7, 11) is 0. The van der Waals surface area contributed by atoms with Crippen LogP contribution in [0.4, 0.5) is 0 Å². The number of nitrogens with one attached hydrogen (secondary N) is 1. The van der Waals surface area contributed by atoms with Gasteiger partial charge in [0.15, 0.2) is 0 Å². The van der Waals surface area contributed by atoms with Crippen LogP contribution in [-0.4, -0.2) is 23.1 Å². The second-order valence-corrected chi connectivity index (χ2v) is 3.61. The number of halogens is 1. The predicted octanol–water partition coefficient (Wildman–Crippen LogP) is 1.60. The third-order valence-electron chi connectivity index (χ3n) is 2.41. The zero-order valence-corrected chi connectivity index (χ0v) is 8.09. The Morgan fingerprint density at radius 1 is 1.38 bits per heavy atom. The van der Waals surface area contributed by atoms with Crippen molar-refractivity contribution < 1.29 is 0 Å². The molecule has 1 aromatic heterocycles. The number of piperidine rings is 1. The summed E-state index contributed by atoms with van der Waals surface area (Å²) in [6.07, 6.45) is 4.02. The molecule has 1 saturated heterocycles. The largest absolute Gasteiger partial charge is 0.317 e. The highest BCUT2D eigenvalue weighted by Crippen LogP contribution is 2.23. The van der Waals surface area contributed by atoms with Crippen LogP contribution in [-0.2, 0) is 0 Å². The summed E-state index contributed by atoms with van der Waals surface area (Å²) in [5.74, 6) is 0.557. The lowest BCUT2D eigenvalue weighted by atomic mass is 9.95. The Labute approximate surface area is 82.5 Å². The van der Waals surface area contributed by atoms with Crippen LogP contribution >= 0.6 is 11.6 Å². The molecule has 4 heteroatoms. The second-order valence-electron chi connectivity index (χ2n) is 3.27. The van der Waals surface area contributed by atoms with Gasteiger partial charge in [-0.25, -0.2) is 9.97 Å². The number of rotatable bonds is 1. The van der Waals surface area contributed by atoms with E-state index in [-0.39, 0.29) is 0 Å². The van der Waals surface area contributed by atoms with Crippen LogP contribution in [0.1, 0.15) is 24.5 Å². The average molecular weight is 198 g/mol. The number of hydrogen-bond acceptors (Lipinski definition) is 3. The van der Waals surface area contributed by atoms with Gasteiger partial charge in [-0.15, -0.1) is 0 Å². The normalized spacial score (nSPS) is 18.8. The van der Waals surface area contributed by atoms with Crippen molar-refractivity contribution in [1.29, 1.82) is 0 Å². The van der Waals surface area contributed by atoms with E-state index in [4.69, 9.17) is 11.6 Å². The summed E-state index contributed by atoms with van der Waals surface area (Å²) >= 11 is 5.73. The molecule has 0 aliphatic carbocycles. The van der Waals surface area contributed by atoms with Crippen LogP contribution in [0, 0.1) is 0 Å². The van der Waals surface area contributed by atoms with Crippen LogP contribution in [0.5, 0.6) is 0 Å². The van der Waals surface area contributed by atoms with Crippen molar-refractivity contribution in [2.45, 2.75) is 18.8 Å². The predicted molar refractivity (Wildman–Crippen MR) is 51.9 cm³/mol. The van der Waals surface area contributed by atoms with Crippen LogP contribution in [0.3, 0.4) is 0 Å². The van der Waals surface area contributed by atoms with Crippen molar-refractivity contribution in [1.82, 2.24) is 15.3 Å². The first kappa shape index (κ1) is 8.91. The lowest BCUT2D eigenvalue weighted by Gasteiger charge is -2.21. The lowest BCUT2D eigenvalue weighted by molar-refractivity contribution is 0.453. The Hall–Kier alpha value is -0.670. The van der Waals surface area contributed by atoms with E-state index >= 15 is 0 Å². The fourth-order valence-corrected chi connectivity index (χ4v) is 1.85. The first-order valence-electron chi connectivity index (χ1n) is 4.55. The van der Waals surface area contributed by atoms with E-state index in [1.165, 1.54) is 0 Å². The zero-order chi connectivity index (χ0) is 9.10. The summed E-state index contributed by atoms with van der Waals surface area (Å²) in [6, 6.07) is 1.96. The van der Waals surface area contributed by atoms with Gasteiger partial charge in [0.05, 0.1) is 0 Å². The second kappa shape index (κ2) is 4.03. The van der Waals surface area contributed by atoms with Gasteiger partial charge in [0.2, 0.25) is 5.28 Å². The molecule has 0 atom stereocenters. The molecule has 0 unspecified atom stereocenters. The third-order valence-corrected chi connectivity index (χ3v) is 2.59. The fraction of sp³-hybridized carbons (Fsp3) is 0.556. The van der Waals surface area contributed by atoms with Gasteiger partial charge in [-0.3, -0.25) is 0 Å². The summed E-state index contributed by atoms with van der Waals surface area (Å²) in [6.45, 7) is 2.15. The first-order chi connectivity index (χ1) is 6.36. The maximum atomic E-state index is 5.73. The zero-order valence-electron chi connectivity index (χ0n) is 7.33. The lowest BCUT2D eigenvalue weighted by Crippen LogP contribution is -2.27. The molecule has 0 aromatic carbocycles. The molecule has 0 amide bonds. The highest BCUT2D eigenvalue weighted by molar-refractivity contribution is 6.28. The molecule has 1 fully saturated rings. The van der Waals surface area contributed by atoms with E-state index < -0.39 is 0 Å². The van der Waals surface area contributed by atoms with Gasteiger partial charge in [0.1, 0.15) is 0 Å². The van der Waals surface area contributed by atoms with Gasteiger partial charge in [0, 0.05) is 17.8 Å². The molecule has 0 radical (unpaired) electrons. The van der Waals surface area contributed by atoms with Crippen molar-refractivity contribution >= 4 is 11.6 Å². The number of aromatic nitrogens is 2. The minimum absolute atomic E-state index is 0.357. The highest BCUT2D eigenvalue weighted by atomic mass is 35.5. The van der Waals surface area contributed by atoms with Crippen LogP contribution < -0.4 is 5.32 Å².